The van der Waals surface area contributed by atoms with Crippen molar-refractivity contribution in [2.45, 2.75) is 32.7 Å². The van der Waals surface area contributed by atoms with Gasteiger partial charge in [0.2, 0.25) is 5.91 Å². The van der Waals surface area contributed by atoms with E-state index in [4.69, 9.17) is 44.9 Å². The molecule has 0 radical (unpaired) electrons. The van der Waals surface area contributed by atoms with Crippen molar-refractivity contribution >= 4 is 57.3 Å². The number of pyridine rings is 1. The number of nitrogens with zero attached hydrogens (tertiary/aromatic N) is 3. The molecule has 35 heavy (non-hydrogen) atoms. The summed E-state index contributed by atoms with van der Waals surface area (Å²) >= 11 is 19.1. The molecule has 0 bridgehead atoms. The number of hydrazone groups is 1. The normalized spacial score (nSPS) is 15.5. The zero-order chi connectivity index (χ0) is 24.7. The van der Waals surface area contributed by atoms with Crippen LogP contribution >= 0.6 is 34.8 Å². The van der Waals surface area contributed by atoms with E-state index in [1.165, 1.54) is 0 Å². The second-order valence-corrected chi connectivity index (χ2v) is 9.78. The van der Waals surface area contributed by atoms with Crippen LogP contribution in [0.5, 0.6) is 0 Å². The highest BCUT2D eigenvalue weighted by Gasteiger charge is 2.35. The minimum absolute atomic E-state index is 0.0771. The molecule has 7 heteroatoms. The summed E-state index contributed by atoms with van der Waals surface area (Å²) in [6.07, 6.45) is 0.829. The highest BCUT2D eigenvalue weighted by molar-refractivity contribution is 6.35. The maximum atomic E-state index is 13.0. The Hall–Kier alpha value is -2.92. The third-order valence-corrected chi connectivity index (χ3v) is 7.07. The van der Waals surface area contributed by atoms with Gasteiger partial charge in [-0.1, -0.05) is 78.1 Å². The number of aromatic nitrogens is 1. The van der Waals surface area contributed by atoms with Gasteiger partial charge in [0, 0.05) is 50.1 Å². The molecule has 0 fully saturated rings. The first-order valence-electron chi connectivity index (χ1n) is 11.4. The Kier molecular flexibility index (Phi) is 6.54. The molecular formula is C28H22Cl3N3O. The number of rotatable bonds is 4. The fraction of sp³-hybridized carbons (Fsp3) is 0.179. The molecule has 1 unspecified atom stereocenters. The molecular weight excluding hydrogens is 501 g/mol. The number of fused-ring (bicyclic) bond motifs is 1. The Labute approximate surface area is 219 Å². The summed E-state index contributed by atoms with van der Waals surface area (Å²) in [7, 11) is 0. The third kappa shape index (κ3) is 4.42. The van der Waals surface area contributed by atoms with Crippen LogP contribution in [0.15, 0.2) is 71.8 Å². The SMILES string of the molecule is CCC(=O)N1N=C(c2c(C)nc3ccc(Cl)cc3c2-c2ccccc2)CC1c1ccc(Cl)cc1Cl. The van der Waals surface area contributed by atoms with Gasteiger partial charge < -0.3 is 0 Å². The minimum atomic E-state index is -0.333. The molecule has 1 atom stereocenters. The van der Waals surface area contributed by atoms with E-state index in [-0.39, 0.29) is 11.9 Å². The zero-order valence-electron chi connectivity index (χ0n) is 19.2. The van der Waals surface area contributed by atoms with Crippen LogP contribution in [0.25, 0.3) is 22.0 Å². The Morgan fingerprint density at radius 3 is 2.40 bits per heavy atom. The summed E-state index contributed by atoms with van der Waals surface area (Å²) < 4.78 is 0. The van der Waals surface area contributed by atoms with E-state index in [1.54, 1.807) is 17.1 Å². The van der Waals surface area contributed by atoms with Crippen molar-refractivity contribution in [3.05, 3.63) is 98.6 Å². The maximum absolute atomic E-state index is 13.0. The predicted octanol–water partition coefficient (Wildman–Crippen LogP) is 8.26. The van der Waals surface area contributed by atoms with Crippen LogP contribution < -0.4 is 0 Å². The molecule has 4 aromatic rings. The van der Waals surface area contributed by atoms with Crippen molar-refractivity contribution in [2.75, 3.05) is 0 Å². The first-order valence-corrected chi connectivity index (χ1v) is 12.5. The van der Waals surface area contributed by atoms with E-state index in [0.29, 0.717) is 27.9 Å². The van der Waals surface area contributed by atoms with Crippen LogP contribution in [0.2, 0.25) is 15.1 Å². The summed E-state index contributed by atoms with van der Waals surface area (Å²) in [5.41, 5.74) is 6.23. The first-order chi connectivity index (χ1) is 16.9. The monoisotopic (exact) mass is 521 g/mol. The van der Waals surface area contributed by atoms with Crippen LogP contribution in [0.1, 0.15) is 42.6 Å². The smallest absolute Gasteiger partial charge is 0.242 e. The maximum Gasteiger partial charge on any atom is 0.242 e. The van der Waals surface area contributed by atoms with Gasteiger partial charge in [-0.25, -0.2) is 5.01 Å². The molecule has 0 saturated carbocycles. The van der Waals surface area contributed by atoms with Gasteiger partial charge in [0.25, 0.3) is 0 Å². The lowest BCUT2D eigenvalue weighted by Crippen LogP contribution is -2.26. The minimum Gasteiger partial charge on any atom is -0.273 e. The van der Waals surface area contributed by atoms with Crippen LogP contribution in [0.3, 0.4) is 0 Å². The largest absolute Gasteiger partial charge is 0.273 e. The summed E-state index contributed by atoms with van der Waals surface area (Å²) in [6.45, 7) is 3.81. The summed E-state index contributed by atoms with van der Waals surface area (Å²) in [6, 6.07) is 20.9. The fourth-order valence-corrected chi connectivity index (χ4v) is 5.39. The number of halogens is 3. The fourth-order valence-electron chi connectivity index (χ4n) is 4.68. The van der Waals surface area contributed by atoms with E-state index in [9.17, 15) is 4.79 Å². The van der Waals surface area contributed by atoms with Crippen molar-refractivity contribution < 1.29 is 4.79 Å². The molecule has 0 aliphatic carbocycles. The van der Waals surface area contributed by atoms with Crippen molar-refractivity contribution in [1.29, 1.82) is 0 Å². The number of aryl methyl sites for hydroxylation is 1. The lowest BCUT2D eigenvalue weighted by Gasteiger charge is -2.22. The van der Waals surface area contributed by atoms with E-state index in [1.807, 2.05) is 56.3 Å². The number of hydrogen-bond acceptors (Lipinski definition) is 3. The zero-order valence-corrected chi connectivity index (χ0v) is 21.5. The van der Waals surface area contributed by atoms with E-state index >= 15 is 0 Å². The average molecular weight is 523 g/mol. The molecule has 1 aliphatic heterocycles. The van der Waals surface area contributed by atoms with Gasteiger partial charge in [-0.15, -0.1) is 0 Å². The molecule has 176 valence electrons. The lowest BCUT2D eigenvalue weighted by atomic mass is 9.89. The highest BCUT2D eigenvalue weighted by Crippen LogP contribution is 2.41. The Bertz CT molecular complexity index is 1480. The van der Waals surface area contributed by atoms with Crippen molar-refractivity contribution in [2.24, 2.45) is 5.10 Å². The van der Waals surface area contributed by atoms with Crippen molar-refractivity contribution in [1.82, 2.24) is 9.99 Å². The summed E-state index contributed by atoms with van der Waals surface area (Å²) in [5.74, 6) is -0.0771. The number of benzene rings is 3. The van der Waals surface area contributed by atoms with Gasteiger partial charge in [-0.2, -0.15) is 5.10 Å². The van der Waals surface area contributed by atoms with Crippen LogP contribution in [0.4, 0.5) is 0 Å². The number of hydrogen-bond donors (Lipinski definition) is 0. The van der Waals surface area contributed by atoms with E-state index in [2.05, 4.69) is 12.1 Å². The van der Waals surface area contributed by atoms with E-state index in [0.717, 1.165) is 44.6 Å². The van der Waals surface area contributed by atoms with Crippen molar-refractivity contribution in [3.8, 4) is 11.1 Å². The molecule has 0 saturated heterocycles. The van der Waals surface area contributed by atoms with Crippen molar-refractivity contribution in [3.63, 3.8) is 0 Å². The third-order valence-electron chi connectivity index (χ3n) is 6.27. The molecule has 3 aromatic carbocycles. The second-order valence-electron chi connectivity index (χ2n) is 8.50. The molecule has 1 aromatic heterocycles. The van der Waals surface area contributed by atoms with Gasteiger partial charge in [-0.3, -0.25) is 9.78 Å². The quantitative estimate of drug-likeness (QED) is 0.271. The molecule has 0 N–H and O–H groups in total. The van der Waals surface area contributed by atoms with Gasteiger partial charge in [0.15, 0.2) is 0 Å². The number of carbonyl (C=O) groups is 1. The molecule has 2 heterocycles. The average Bonchev–Trinajstić information content (AvgIpc) is 3.28. The van der Waals surface area contributed by atoms with Crippen LogP contribution in [-0.2, 0) is 4.79 Å². The molecule has 4 nitrogen and oxygen atoms in total. The Morgan fingerprint density at radius 1 is 0.971 bits per heavy atom. The van der Waals surface area contributed by atoms with Gasteiger partial charge in [0.1, 0.15) is 0 Å². The second kappa shape index (κ2) is 9.62. The molecule has 1 aliphatic rings. The molecule has 5 rings (SSSR count). The topological polar surface area (TPSA) is 45.6 Å². The van der Waals surface area contributed by atoms with Gasteiger partial charge >= 0.3 is 0 Å². The standard InChI is InChI=1S/C28H22Cl3N3O/c1-3-26(35)34-25(20-11-9-19(30)14-22(20)31)15-24(33-34)27-16(2)32-23-12-10-18(29)13-21(23)28(27)17-7-5-4-6-8-17/h4-14,25H,3,15H2,1-2H3. The molecule has 1 amide bonds. The first kappa shape index (κ1) is 23.8. The summed E-state index contributed by atoms with van der Waals surface area (Å²) in [5, 5.41) is 9.05. The Balaban J connectivity index is 1.74. The van der Waals surface area contributed by atoms with E-state index < -0.39 is 0 Å². The van der Waals surface area contributed by atoms with Gasteiger partial charge in [0.05, 0.1) is 17.3 Å². The Morgan fingerprint density at radius 2 is 1.69 bits per heavy atom. The van der Waals surface area contributed by atoms with Crippen LogP contribution in [-0.4, -0.2) is 21.6 Å². The highest BCUT2D eigenvalue weighted by atomic mass is 35.5. The number of carbonyl (C=O) groups excluding carboxylic acids is 1. The lowest BCUT2D eigenvalue weighted by molar-refractivity contribution is -0.132. The summed E-state index contributed by atoms with van der Waals surface area (Å²) in [4.78, 5) is 17.8. The predicted molar refractivity (Wildman–Crippen MR) is 144 cm³/mol. The van der Waals surface area contributed by atoms with Crippen LogP contribution in [0, 0.1) is 6.92 Å². The van der Waals surface area contributed by atoms with Gasteiger partial charge in [-0.05, 0) is 48.4 Å². The number of amides is 1. The molecule has 0 spiro atoms.